The molecule has 1 aromatic carbocycles. The molecule has 1 unspecified atom stereocenters. The van der Waals surface area contributed by atoms with Gasteiger partial charge in [-0.05, 0) is 30.4 Å². The Labute approximate surface area is 150 Å². The fourth-order valence-corrected chi connectivity index (χ4v) is 3.77. The molecule has 26 heavy (non-hydrogen) atoms. The third-order valence-corrected chi connectivity index (χ3v) is 5.53. The average molecular weight is 357 g/mol. The summed E-state index contributed by atoms with van der Waals surface area (Å²) in [5.74, 6) is -0.103. The number of aromatic nitrogens is 3. The Kier molecular flexibility index (Phi) is 4.21. The number of nitrogens with zero attached hydrogens (tertiary/aromatic N) is 3. The average Bonchev–Trinajstić information content (AvgIpc) is 3.23. The smallest absolute Gasteiger partial charge is 0.227 e. The van der Waals surface area contributed by atoms with Crippen molar-refractivity contribution in [2.75, 3.05) is 0 Å². The highest BCUT2D eigenvalue weighted by atomic mass is 19.1. The molecular formula is C20H21F2N3O. The summed E-state index contributed by atoms with van der Waals surface area (Å²) in [6.45, 7) is 1.81. The SMILES string of the molecule is CCC1(F)CC=C(C(=O)c2nc3n(n2)[C@@H](c2ccccc2)C[C@@H]3F)CC1. The van der Waals surface area contributed by atoms with Crippen LogP contribution in [0.25, 0.3) is 0 Å². The molecule has 2 aliphatic rings. The van der Waals surface area contributed by atoms with Crippen LogP contribution < -0.4 is 0 Å². The number of carbonyl (C=O) groups excluding carboxylic acids is 1. The third kappa shape index (κ3) is 2.87. The number of hydrogen-bond acceptors (Lipinski definition) is 3. The van der Waals surface area contributed by atoms with Crippen molar-refractivity contribution in [2.24, 2.45) is 0 Å². The molecule has 4 rings (SSSR count). The van der Waals surface area contributed by atoms with E-state index in [0.29, 0.717) is 24.8 Å². The summed E-state index contributed by atoms with van der Waals surface area (Å²) in [5, 5.41) is 4.31. The van der Waals surface area contributed by atoms with E-state index in [2.05, 4.69) is 10.1 Å². The first kappa shape index (κ1) is 17.1. The normalized spacial score (nSPS) is 27.9. The summed E-state index contributed by atoms with van der Waals surface area (Å²) in [6, 6.07) is 9.28. The van der Waals surface area contributed by atoms with Crippen molar-refractivity contribution >= 4 is 5.78 Å². The van der Waals surface area contributed by atoms with Crippen molar-refractivity contribution in [1.29, 1.82) is 0 Å². The molecule has 6 heteroatoms. The Morgan fingerprint density at radius 3 is 2.77 bits per heavy atom. The maximum absolute atomic E-state index is 14.4. The van der Waals surface area contributed by atoms with Crippen molar-refractivity contribution in [2.45, 2.75) is 56.9 Å². The first-order valence-electron chi connectivity index (χ1n) is 9.09. The number of allylic oxidation sites excluding steroid dienone is 2. The standard InChI is InChI=1S/C20H21F2N3O/c1-2-20(22)10-8-14(9-11-20)17(26)18-23-19-15(21)12-16(25(19)24-18)13-6-4-3-5-7-13/h3-8,15-16H,2,9-12H2,1H3/t15-,16+,20?/m0/s1. The molecule has 0 saturated carbocycles. The van der Waals surface area contributed by atoms with E-state index in [1.807, 2.05) is 37.3 Å². The molecule has 0 saturated heterocycles. The van der Waals surface area contributed by atoms with Crippen LogP contribution in [0.1, 0.15) is 73.2 Å². The monoisotopic (exact) mass is 357 g/mol. The zero-order valence-electron chi connectivity index (χ0n) is 14.7. The fourth-order valence-electron chi connectivity index (χ4n) is 3.77. The Morgan fingerprint density at radius 2 is 2.12 bits per heavy atom. The number of ketones is 1. The van der Waals surface area contributed by atoms with E-state index in [9.17, 15) is 13.6 Å². The lowest BCUT2D eigenvalue weighted by Gasteiger charge is -2.26. The van der Waals surface area contributed by atoms with Gasteiger partial charge in [-0.25, -0.2) is 18.4 Å². The molecule has 2 heterocycles. The quantitative estimate of drug-likeness (QED) is 0.746. The molecule has 0 amide bonds. The lowest BCUT2D eigenvalue weighted by Crippen LogP contribution is -2.26. The van der Waals surface area contributed by atoms with Crippen LogP contribution in [0.4, 0.5) is 8.78 Å². The van der Waals surface area contributed by atoms with Crippen molar-refractivity contribution in [3.05, 3.63) is 59.2 Å². The van der Waals surface area contributed by atoms with Crippen molar-refractivity contribution in [1.82, 2.24) is 14.8 Å². The minimum absolute atomic E-state index is 0.0115. The summed E-state index contributed by atoms with van der Waals surface area (Å²) >= 11 is 0. The predicted octanol–water partition coefficient (Wildman–Crippen LogP) is 4.69. The molecule has 3 atom stereocenters. The molecule has 136 valence electrons. The van der Waals surface area contributed by atoms with Crippen LogP contribution in [0.2, 0.25) is 0 Å². The van der Waals surface area contributed by atoms with Gasteiger partial charge in [0, 0.05) is 12.8 Å². The van der Waals surface area contributed by atoms with E-state index in [-0.39, 0.29) is 36.3 Å². The molecule has 1 aromatic heterocycles. The lowest BCUT2D eigenvalue weighted by molar-refractivity contribution is 0.0992. The Bertz CT molecular complexity index is 861. The number of carbonyl (C=O) groups is 1. The molecule has 4 nitrogen and oxygen atoms in total. The van der Waals surface area contributed by atoms with Gasteiger partial charge >= 0.3 is 0 Å². The van der Waals surface area contributed by atoms with E-state index in [1.165, 1.54) is 4.68 Å². The van der Waals surface area contributed by atoms with Crippen LogP contribution in [0.5, 0.6) is 0 Å². The Hall–Kier alpha value is -2.37. The fraction of sp³-hybridized carbons (Fsp3) is 0.450. The van der Waals surface area contributed by atoms with Gasteiger partial charge in [0.1, 0.15) is 5.67 Å². The van der Waals surface area contributed by atoms with Crippen LogP contribution in [-0.2, 0) is 0 Å². The molecule has 2 aromatic rings. The second-order valence-electron chi connectivity index (χ2n) is 7.13. The lowest BCUT2D eigenvalue weighted by atomic mass is 9.84. The Balaban J connectivity index is 1.61. The largest absolute Gasteiger partial charge is 0.285 e. The highest BCUT2D eigenvalue weighted by molar-refractivity contribution is 6.06. The van der Waals surface area contributed by atoms with Crippen LogP contribution in [-0.4, -0.2) is 26.2 Å². The van der Waals surface area contributed by atoms with Crippen LogP contribution >= 0.6 is 0 Å². The van der Waals surface area contributed by atoms with Gasteiger partial charge in [0.15, 0.2) is 12.0 Å². The van der Waals surface area contributed by atoms with Gasteiger partial charge in [0.05, 0.1) is 6.04 Å². The molecule has 0 radical (unpaired) electrons. The summed E-state index contributed by atoms with van der Waals surface area (Å²) in [7, 11) is 0. The van der Waals surface area contributed by atoms with Gasteiger partial charge in [-0.1, -0.05) is 43.3 Å². The van der Waals surface area contributed by atoms with E-state index in [1.54, 1.807) is 6.08 Å². The number of fused-ring (bicyclic) bond motifs is 1. The predicted molar refractivity (Wildman–Crippen MR) is 93.5 cm³/mol. The molecular weight excluding hydrogens is 336 g/mol. The number of hydrogen-bond donors (Lipinski definition) is 0. The van der Waals surface area contributed by atoms with Gasteiger partial charge in [0.25, 0.3) is 0 Å². The topological polar surface area (TPSA) is 47.8 Å². The zero-order valence-corrected chi connectivity index (χ0v) is 14.7. The van der Waals surface area contributed by atoms with Crippen LogP contribution in [0, 0.1) is 0 Å². The molecule has 0 bridgehead atoms. The van der Waals surface area contributed by atoms with E-state index >= 15 is 0 Å². The number of rotatable bonds is 4. The number of halogens is 2. The van der Waals surface area contributed by atoms with Gasteiger partial charge < -0.3 is 0 Å². The Morgan fingerprint density at radius 1 is 1.35 bits per heavy atom. The summed E-state index contributed by atoms with van der Waals surface area (Å²) < 4.78 is 30.3. The summed E-state index contributed by atoms with van der Waals surface area (Å²) in [6.07, 6.45) is 2.05. The van der Waals surface area contributed by atoms with E-state index in [4.69, 9.17) is 0 Å². The highest BCUT2D eigenvalue weighted by Gasteiger charge is 2.37. The highest BCUT2D eigenvalue weighted by Crippen LogP contribution is 2.40. The second kappa shape index (κ2) is 6.41. The summed E-state index contributed by atoms with van der Waals surface area (Å²) in [4.78, 5) is 16.9. The van der Waals surface area contributed by atoms with Gasteiger partial charge in [0.2, 0.25) is 11.6 Å². The minimum Gasteiger partial charge on any atom is -0.285 e. The first-order valence-corrected chi connectivity index (χ1v) is 9.09. The maximum Gasteiger partial charge on any atom is 0.227 e. The first-order chi connectivity index (χ1) is 12.5. The number of benzene rings is 1. The minimum atomic E-state index is -1.24. The van der Waals surface area contributed by atoms with Gasteiger partial charge in [-0.3, -0.25) is 4.79 Å². The molecule has 0 spiro atoms. The zero-order chi connectivity index (χ0) is 18.3. The van der Waals surface area contributed by atoms with E-state index < -0.39 is 11.8 Å². The molecule has 0 fully saturated rings. The second-order valence-corrected chi connectivity index (χ2v) is 7.13. The van der Waals surface area contributed by atoms with Crippen molar-refractivity contribution < 1.29 is 13.6 Å². The van der Waals surface area contributed by atoms with Crippen LogP contribution in [0.15, 0.2) is 42.0 Å². The summed E-state index contributed by atoms with van der Waals surface area (Å²) in [5.41, 5.74) is 0.248. The van der Waals surface area contributed by atoms with Crippen LogP contribution in [0.3, 0.4) is 0 Å². The number of alkyl halides is 2. The van der Waals surface area contributed by atoms with Gasteiger partial charge in [-0.15, -0.1) is 5.10 Å². The molecule has 1 aliphatic heterocycles. The number of Topliss-reactive ketones (excluding diaryl/α,β-unsaturated/α-hetero) is 1. The van der Waals surface area contributed by atoms with E-state index in [0.717, 1.165) is 5.56 Å². The third-order valence-electron chi connectivity index (χ3n) is 5.53. The maximum atomic E-state index is 14.4. The van der Waals surface area contributed by atoms with Crippen molar-refractivity contribution in [3.63, 3.8) is 0 Å². The van der Waals surface area contributed by atoms with Gasteiger partial charge in [-0.2, -0.15) is 0 Å². The van der Waals surface area contributed by atoms with Crippen molar-refractivity contribution in [3.8, 4) is 0 Å². The molecule has 1 aliphatic carbocycles. The molecule has 0 N–H and O–H groups in total.